The van der Waals surface area contributed by atoms with Crippen LogP contribution in [-0.4, -0.2) is 67.5 Å². The van der Waals surface area contributed by atoms with Gasteiger partial charge >= 0.3 is 11.9 Å². The summed E-state index contributed by atoms with van der Waals surface area (Å²) in [4.78, 5) is 46.1. The molecule has 1 amide bonds. The summed E-state index contributed by atoms with van der Waals surface area (Å²) in [5, 5.41) is 22.8. The molecule has 0 aromatic heterocycles. The largest absolute Gasteiger partial charge is 0.480 e. The Morgan fingerprint density at radius 3 is 2.38 bits per heavy atom. The number of esters is 1. The molecule has 0 aliphatic rings. The number of ether oxygens (including phenoxy) is 3. The van der Waals surface area contributed by atoms with Gasteiger partial charge in [-0.3, -0.25) is 19.7 Å². The molecular formula is C18H24N2O9. The number of nitro benzene ring substituents is 1. The highest BCUT2D eigenvalue weighted by Gasteiger charge is 2.33. The molecule has 29 heavy (non-hydrogen) atoms. The highest BCUT2D eigenvalue weighted by atomic mass is 16.6. The van der Waals surface area contributed by atoms with Crippen LogP contribution in [0.2, 0.25) is 0 Å². The van der Waals surface area contributed by atoms with Gasteiger partial charge in [-0.2, -0.15) is 0 Å². The molecule has 0 bridgehead atoms. The van der Waals surface area contributed by atoms with Gasteiger partial charge in [0.2, 0.25) is 5.91 Å². The number of non-ortho nitro benzene ring substituents is 1. The molecule has 0 aliphatic carbocycles. The van der Waals surface area contributed by atoms with Crippen LogP contribution in [0.25, 0.3) is 0 Å². The monoisotopic (exact) mass is 412 g/mol. The van der Waals surface area contributed by atoms with Crippen molar-refractivity contribution in [3.8, 4) is 0 Å². The Hall–Kier alpha value is -3.05. The van der Waals surface area contributed by atoms with Crippen LogP contribution in [-0.2, 0) is 28.6 Å². The molecule has 160 valence electrons. The van der Waals surface area contributed by atoms with Crippen molar-refractivity contribution in [2.24, 2.45) is 0 Å². The maximum atomic E-state index is 12.1. The van der Waals surface area contributed by atoms with Gasteiger partial charge in [0.05, 0.1) is 31.2 Å². The molecule has 0 saturated heterocycles. The first-order valence-electron chi connectivity index (χ1n) is 8.78. The fourth-order valence-corrected chi connectivity index (χ4v) is 2.53. The van der Waals surface area contributed by atoms with E-state index >= 15 is 0 Å². The minimum atomic E-state index is -1.47. The zero-order valence-electron chi connectivity index (χ0n) is 16.2. The highest BCUT2D eigenvalue weighted by Crippen LogP contribution is 2.27. The second-order valence-electron chi connectivity index (χ2n) is 5.89. The highest BCUT2D eigenvalue weighted by molar-refractivity contribution is 5.86. The third-order valence-electron chi connectivity index (χ3n) is 3.87. The smallest absolute Gasteiger partial charge is 0.326 e. The van der Waals surface area contributed by atoms with Crippen LogP contribution < -0.4 is 5.32 Å². The minimum Gasteiger partial charge on any atom is -0.480 e. The maximum Gasteiger partial charge on any atom is 0.326 e. The van der Waals surface area contributed by atoms with Crippen molar-refractivity contribution in [1.82, 2.24) is 5.32 Å². The van der Waals surface area contributed by atoms with E-state index < -0.39 is 34.7 Å². The normalized spacial score (nSPS) is 12.6. The molecule has 11 heteroatoms. The number of nitrogens with zero attached hydrogens (tertiary/aromatic N) is 1. The molecule has 11 nitrogen and oxygen atoms in total. The van der Waals surface area contributed by atoms with Crippen LogP contribution >= 0.6 is 0 Å². The van der Waals surface area contributed by atoms with E-state index in [1.165, 1.54) is 31.4 Å². The number of rotatable bonds is 13. The lowest BCUT2D eigenvalue weighted by atomic mass is 9.88. The molecule has 0 unspecified atom stereocenters. The standard InChI is InChI=1S/C18H24N2O9/c1-3-29-16(22)10-14(12-4-6-13(7-5-12)20(25)26)17(18(23)24)19-15(21)11-28-9-8-27-2/h4-7,14,17H,3,8-11H2,1-2H3,(H,19,21)(H,23,24)/t14-,17+/m1/s1. The number of amides is 1. The van der Waals surface area contributed by atoms with Crippen LogP contribution in [0.15, 0.2) is 24.3 Å². The van der Waals surface area contributed by atoms with Gasteiger partial charge in [0.1, 0.15) is 12.6 Å². The lowest BCUT2D eigenvalue weighted by Crippen LogP contribution is -2.47. The second-order valence-corrected chi connectivity index (χ2v) is 5.89. The van der Waals surface area contributed by atoms with Gasteiger partial charge in [-0.1, -0.05) is 12.1 Å². The van der Waals surface area contributed by atoms with Gasteiger partial charge in [0, 0.05) is 25.2 Å². The Bertz CT molecular complexity index is 706. The molecule has 0 fully saturated rings. The Labute approximate surface area is 167 Å². The van der Waals surface area contributed by atoms with Crippen molar-refractivity contribution in [3.05, 3.63) is 39.9 Å². The first kappa shape index (κ1) is 24.0. The molecule has 2 atom stereocenters. The molecule has 0 saturated carbocycles. The van der Waals surface area contributed by atoms with Gasteiger partial charge in [-0.05, 0) is 12.5 Å². The van der Waals surface area contributed by atoms with E-state index in [1.54, 1.807) is 6.92 Å². The first-order valence-corrected chi connectivity index (χ1v) is 8.78. The quantitative estimate of drug-likeness (QED) is 0.208. The number of benzene rings is 1. The molecule has 1 aromatic rings. The van der Waals surface area contributed by atoms with Crippen molar-refractivity contribution >= 4 is 23.5 Å². The summed E-state index contributed by atoms with van der Waals surface area (Å²) < 4.78 is 14.7. The number of hydrogen-bond acceptors (Lipinski definition) is 8. The molecule has 2 N–H and O–H groups in total. The Balaban J connectivity index is 3.04. The number of nitro groups is 1. The Morgan fingerprint density at radius 1 is 1.21 bits per heavy atom. The van der Waals surface area contributed by atoms with Gasteiger partial charge in [0.25, 0.3) is 5.69 Å². The topological polar surface area (TPSA) is 154 Å². The van der Waals surface area contributed by atoms with Crippen LogP contribution in [0.4, 0.5) is 5.69 Å². The van der Waals surface area contributed by atoms with E-state index in [0.717, 1.165) is 0 Å². The maximum absolute atomic E-state index is 12.1. The van der Waals surface area contributed by atoms with Crippen molar-refractivity contribution in [2.75, 3.05) is 33.5 Å². The van der Waals surface area contributed by atoms with Crippen LogP contribution in [0.5, 0.6) is 0 Å². The van der Waals surface area contributed by atoms with Gasteiger partial charge in [-0.15, -0.1) is 0 Å². The predicted molar refractivity (Wildman–Crippen MR) is 99.3 cm³/mol. The zero-order valence-corrected chi connectivity index (χ0v) is 16.2. The second kappa shape index (κ2) is 12.4. The number of hydrogen-bond donors (Lipinski definition) is 2. The third kappa shape index (κ3) is 8.23. The summed E-state index contributed by atoms with van der Waals surface area (Å²) in [6.07, 6.45) is -0.340. The van der Waals surface area contributed by atoms with E-state index in [0.29, 0.717) is 5.56 Å². The van der Waals surface area contributed by atoms with E-state index in [-0.39, 0.29) is 38.5 Å². The summed E-state index contributed by atoms with van der Waals surface area (Å²) in [7, 11) is 1.47. The van der Waals surface area contributed by atoms with Crippen LogP contribution in [0.1, 0.15) is 24.8 Å². The van der Waals surface area contributed by atoms with Crippen molar-refractivity contribution in [3.63, 3.8) is 0 Å². The van der Waals surface area contributed by atoms with E-state index in [1.807, 2.05) is 0 Å². The first-order chi connectivity index (χ1) is 13.8. The van der Waals surface area contributed by atoms with Gasteiger partial charge < -0.3 is 24.6 Å². The van der Waals surface area contributed by atoms with Crippen molar-refractivity contribution < 1.29 is 38.6 Å². The Kier molecular flexibility index (Phi) is 10.3. The number of aliphatic carboxylic acids is 1. The Morgan fingerprint density at radius 2 is 1.86 bits per heavy atom. The molecule has 0 radical (unpaired) electrons. The lowest BCUT2D eigenvalue weighted by molar-refractivity contribution is -0.384. The van der Waals surface area contributed by atoms with Gasteiger partial charge in [0.15, 0.2) is 0 Å². The predicted octanol–water partition coefficient (Wildman–Crippen LogP) is 0.864. The van der Waals surface area contributed by atoms with E-state index in [2.05, 4.69) is 5.32 Å². The molecule has 1 aromatic carbocycles. The van der Waals surface area contributed by atoms with Gasteiger partial charge in [-0.25, -0.2) is 4.79 Å². The number of carboxylic acids is 1. The number of carboxylic acid groups (broad SMARTS) is 1. The van der Waals surface area contributed by atoms with Crippen molar-refractivity contribution in [2.45, 2.75) is 25.3 Å². The van der Waals surface area contributed by atoms with E-state index in [4.69, 9.17) is 14.2 Å². The number of carbonyl (C=O) groups excluding carboxylic acids is 2. The summed E-state index contributed by atoms with van der Waals surface area (Å²) in [6.45, 7) is 1.73. The van der Waals surface area contributed by atoms with Crippen molar-refractivity contribution in [1.29, 1.82) is 0 Å². The summed E-state index contributed by atoms with van der Waals surface area (Å²) >= 11 is 0. The minimum absolute atomic E-state index is 0.100. The molecule has 0 heterocycles. The molecule has 0 spiro atoms. The fourth-order valence-electron chi connectivity index (χ4n) is 2.53. The molecule has 0 aliphatic heterocycles. The number of methoxy groups -OCH3 is 1. The SMILES string of the molecule is CCOC(=O)C[C@H](c1ccc([N+](=O)[O-])cc1)[C@H](NC(=O)COCCOC)C(=O)O. The zero-order chi connectivity index (χ0) is 21.8. The average molecular weight is 412 g/mol. The third-order valence-corrected chi connectivity index (χ3v) is 3.87. The summed E-state index contributed by atoms with van der Waals surface area (Å²) in [5.41, 5.74) is 0.141. The van der Waals surface area contributed by atoms with Crippen LogP contribution in [0, 0.1) is 10.1 Å². The summed E-state index contributed by atoms with van der Waals surface area (Å²) in [5.74, 6) is -3.73. The summed E-state index contributed by atoms with van der Waals surface area (Å²) in [6, 6.07) is 3.61. The number of nitrogens with one attached hydrogen (secondary N) is 1. The lowest BCUT2D eigenvalue weighted by Gasteiger charge is -2.24. The fraction of sp³-hybridized carbons (Fsp3) is 0.500. The van der Waals surface area contributed by atoms with E-state index in [9.17, 15) is 29.6 Å². The average Bonchev–Trinajstić information content (AvgIpc) is 2.68. The van der Waals surface area contributed by atoms with Crippen LogP contribution in [0.3, 0.4) is 0 Å². The molecule has 1 rings (SSSR count). The number of carbonyl (C=O) groups is 3. The molecular weight excluding hydrogens is 388 g/mol.